The molecule has 0 spiro atoms. The first-order chi connectivity index (χ1) is 9.51. The molecule has 0 aliphatic carbocycles. The third-order valence-corrected chi connectivity index (χ3v) is 4.47. The highest BCUT2D eigenvalue weighted by atomic mass is 32.2. The molecule has 0 saturated carbocycles. The van der Waals surface area contributed by atoms with Crippen molar-refractivity contribution in [3.05, 3.63) is 40.4 Å². The maximum Gasteiger partial charge on any atom is 0.295 e. The van der Waals surface area contributed by atoms with Gasteiger partial charge in [0.1, 0.15) is 9.79 Å². The molecular weight excluding hydrogens is 340 g/mol. The van der Waals surface area contributed by atoms with E-state index in [-0.39, 0.29) is 16.9 Å². The van der Waals surface area contributed by atoms with Crippen molar-refractivity contribution < 1.29 is 30.9 Å². The maximum absolute atomic E-state index is 11.3. The lowest BCUT2D eigenvalue weighted by Gasteiger charge is -2.07. The van der Waals surface area contributed by atoms with Gasteiger partial charge in [-0.15, -0.1) is 0 Å². The summed E-state index contributed by atoms with van der Waals surface area (Å²) in [6.45, 7) is 0. The van der Waals surface area contributed by atoms with Crippen LogP contribution in [0.2, 0.25) is 0 Å². The van der Waals surface area contributed by atoms with E-state index >= 15 is 0 Å². The van der Waals surface area contributed by atoms with Crippen LogP contribution in [0.25, 0.3) is 10.8 Å². The van der Waals surface area contributed by atoms with Crippen molar-refractivity contribution in [3.8, 4) is 0 Å². The van der Waals surface area contributed by atoms with Crippen LogP contribution in [0.15, 0.2) is 40.1 Å². The van der Waals surface area contributed by atoms with Gasteiger partial charge in [0.05, 0.1) is 4.92 Å². The predicted molar refractivity (Wildman–Crippen MR) is 75.3 cm³/mol. The average molecular weight is 350 g/mol. The second kappa shape index (κ2) is 5.58. The van der Waals surface area contributed by atoms with E-state index in [1.807, 2.05) is 0 Å². The molecule has 0 radical (unpaired) electrons. The largest absolute Gasteiger partial charge is 0.344 e. The third kappa shape index (κ3) is 3.20. The van der Waals surface area contributed by atoms with Gasteiger partial charge in [-0.1, -0.05) is 12.1 Å². The summed E-state index contributed by atoms with van der Waals surface area (Å²) in [4.78, 5) is 8.33. The molecule has 12 heteroatoms. The highest BCUT2D eigenvalue weighted by Crippen LogP contribution is 2.32. The number of nitrogens with zero attached hydrogens (tertiary/aromatic N) is 1. The van der Waals surface area contributed by atoms with Crippen molar-refractivity contribution in [2.45, 2.75) is 9.79 Å². The summed E-state index contributed by atoms with van der Waals surface area (Å²) in [6.07, 6.45) is 0. The van der Waals surface area contributed by atoms with Gasteiger partial charge in [-0.25, -0.2) is 0 Å². The zero-order valence-corrected chi connectivity index (χ0v) is 12.3. The van der Waals surface area contributed by atoms with Gasteiger partial charge < -0.3 is 6.15 Å². The van der Waals surface area contributed by atoms with E-state index in [1.165, 1.54) is 0 Å². The Balaban J connectivity index is 0.00000242. The van der Waals surface area contributed by atoms with E-state index in [0.717, 1.165) is 24.3 Å². The molecule has 0 unspecified atom stereocenters. The highest BCUT2D eigenvalue weighted by molar-refractivity contribution is 7.86. The summed E-state index contributed by atoms with van der Waals surface area (Å²) in [7, 11) is -9.56. The third-order valence-electron chi connectivity index (χ3n) is 2.67. The number of non-ortho nitro benzene ring substituents is 1. The minimum atomic E-state index is -4.83. The maximum atomic E-state index is 11.3. The quantitative estimate of drug-likeness (QED) is 0.417. The van der Waals surface area contributed by atoms with E-state index in [4.69, 9.17) is 9.11 Å². The summed E-state index contributed by atoms with van der Waals surface area (Å²) >= 11 is 0. The topological polar surface area (TPSA) is 187 Å². The molecule has 0 amide bonds. The first-order valence-electron chi connectivity index (χ1n) is 5.18. The number of nitro benzene ring substituents is 1. The van der Waals surface area contributed by atoms with E-state index < -0.39 is 40.6 Å². The van der Waals surface area contributed by atoms with Gasteiger partial charge in [-0.05, 0) is 6.07 Å². The van der Waals surface area contributed by atoms with Gasteiger partial charge >= 0.3 is 0 Å². The Morgan fingerprint density at radius 1 is 0.909 bits per heavy atom. The molecule has 0 aliphatic heterocycles. The van der Waals surface area contributed by atoms with Gasteiger partial charge in [0.2, 0.25) is 0 Å². The van der Waals surface area contributed by atoms with Crippen LogP contribution >= 0.6 is 0 Å². The molecule has 0 aliphatic rings. The molecule has 0 fully saturated rings. The second-order valence-corrected chi connectivity index (χ2v) is 6.78. The summed E-state index contributed by atoms with van der Waals surface area (Å²) in [5, 5.41) is 10.1. The van der Waals surface area contributed by atoms with Crippen LogP contribution in [0, 0.1) is 10.1 Å². The van der Waals surface area contributed by atoms with Gasteiger partial charge in [0.15, 0.2) is 0 Å². The van der Waals surface area contributed by atoms with Gasteiger partial charge in [-0.3, -0.25) is 19.2 Å². The van der Waals surface area contributed by atoms with Crippen molar-refractivity contribution in [2.75, 3.05) is 0 Å². The zero-order chi connectivity index (χ0) is 16.0. The summed E-state index contributed by atoms with van der Waals surface area (Å²) in [5.74, 6) is 0. The van der Waals surface area contributed by atoms with Crippen molar-refractivity contribution >= 4 is 36.7 Å². The number of rotatable bonds is 3. The van der Waals surface area contributed by atoms with Crippen molar-refractivity contribution in [1.29, 1.82) is 0 Å². The Kier molecular flexibility index (Phi) is 4.55. The molecule has 120 valence electrons. The van der Waals surface area contributed by atoms with Crippen LogP contribution in [-0.4, -0.2) is 30.9 Å². The Labute approximate surface area is 124 Å². The zero-order valence-electron chi connectivity index (χ0n) is 10.7. The lowest BCUT2D eigenvalue weighted by Crippen LogP contribution is -2.04. The first-order valence-corrected chi connectivity index (χ1v) is 8.06. The van der Waals surface area contributed by atoms with Crippen molar-refractivity contribution in [3.63, 3.8) is 0 Å². The highest BCUT2D eigenvalue weighted by Gasteiger charge is 2.24. The summed E-state index contributed by atoms with van der Waals surface area (Å²) in [6, 6.07) is 4.64. The lowest BCUT2D eigenvalue weighted by atomic mass is 10.1. The molecule has 10 nitrogen and oxygen atoms in total. The second-order valence-electron chi connectivity index (χ2n) is 4.00. The smallest absolute Gasteiger partial charge is 0.295 e. The fourth-order valence-corrected chi connectivity index (χ4v) is 3.28. The van der Waals surface area contributed by atoms with Crippen LogP contribution in [0.4, 0.5) is 5.69 Å². The average Bonchev–Trinajstić information content (AvgIpc) is 2.34. The molecule has 2 rings (SSSR count). The Bertz CT molecular complexity index is 966. The predicted octanol–water partition coefficient (Wildman–Crippen LogP) is 1.40. The fraction of sp³-hybridized carbons (Fsp3) is 0. The lowest BCUT2D eigenvalue weighted by molar-refractivity contribution is -0.384. The van der Waals surface area contributed by atoms with Gasteiger partial charge in [0.25, 0.3) is 25.9 Å². The molecule has 0 heterocycles. The Hall–Kier alpha value is -2.12. The van der Waals surface area contributed by atoms with E-state index in [9.17, 15) is 26.9 Å². The van der Waals surface area contributed by atoms with Crippen molar-refractivity contribution in [1.82, 2.24) is 6.15 Å². The molecule has 0 atom stereocenters. The molecule has 0 aromatic heterocycles. The Morgan fingerprint density at radius 2 is 1.45 bits per heavy atom. The number of nitro groups is 1. The number of hydrogen-bond acceptors (Lipinski definition) is 7. The summed E-state index contributed by atoms with van der Waals surface area (Å²) in [5.41, 5.74) is -0.744. The monoisotopic (exact) mass is 350 g/mol. The standard InChI is InChI=1S/C10H7NO8S2.H3N/c12-11(13)6-4-8-7(10(5-6)21(17,18)19)2-1-3-9(8)20(14,15)16;/h1-5H,(H,14,15,16)(H,17,18,19);1H3. The molecule has 5 N–H and O–H groups in total. The van der Waals surface area contributed by atoms with Gasteiger partial charge in [-0.2, -0.15) is 16.8 Å². The van der Waals surface area contributed by atoms with E-state index in [0.29, 0.717) is 6.07 Å². The van der Waals surface area contributed by atoms with Crippen LogP contribution < -0.4 is 6.15 Å². The molecule has 22 heavy (non-hydrogen) atoms. The summed E-state index contributed by atoms with van der Waals surface area (Å²) < 4.78 is 63.4. The van der Waals surface area contributed by atoms with Crippen LogP contribution in [0.1, 0.15) is 0 Å². The molecule has 0 bridgehead atoms. The normalized spacial score (nSPS) is 11.9. The molecular formula is C10H10N2O8S2. The minimum Gasteiger partial charge on any atom is -0.344 e. The van der Waals surface area contributed by atoms with Crippen LogP contribution in [-0.2, 0) is 20.2 Å². The molecule has 2 aromatic carbocycles. The fourth-order valence-electron chi connectivity index (χ4n) is 1.85. The van der Waals surface area contributed by atoms with Crippen LogP contribution in [0.5, 0.6) is 0 Å². The first kappa shape index (κ1) is 17.9. The molecule has 0 saturated heterocycles. The SMILES string of the molecule is N.O=[N+]([O-])c1cc(S(=O)(=O)O)c2cccc(S(=O)(=O)O)c2c1. The van der Waals surface area contributed by atoms with Crippen molar-refractivity contribution in [2.24, 2.45) is 0 Å². The number of benzene rings is 2. The van der Waals surface area contributed by atoms with E-state index in [2.05, 4.69) is 0 Å². The molecule has 2 aromatic rings. The number of hydrogen-bond donors (Lipinski definition) is 3. The van der Waals surface area contributed by atoms with E-state index in [1.54, 1.807) is 0 Å². The Morgan fingerprint density at radius 3 is 1.91 bits per heavy atom. The van der Waals surface area contributed by atoms with Crippen LogP contribution in [0.3, 0.4) is 0 Å². The van der Waals surface area contributed by atoms with Gasteiger partial charge in [0, 0.05) is 22.9 Å². The number of fused-ring (bicyclic) bond motifs is 1. The minimum absolute atomic E-state index is 0.